The summed E-state index contributed by atoms with van der Waals surface area (Å²) in [5, 5.41) is 17.6. The number of benzene rings is 4. The fourth-order valence-electron chi connectivity index (χ4n) is 3.89. The first-order valence-corrected chi connectivity index (χ1v) is 11.6. The van der Waals surface area contributed by atoms with Gasteiger partial charge in [0.05, 0.1) is 12.3 Å². The van der Waals surface area contributed by atoms with E-state index in [-0.39, 0.29) is 11.0 Å². The summed E-state index contributed by atoms with van der Waals surface area (Å²) in [5.41, 5.74) is 4.56. The van der Waals surface area contributed by atoms with Crippen LogP contribution in [0.25, 0.3) is 27.5 Å². The Labute approximate surface area is 207 Å². The molecule has 0 unspecified atom stereocenters. The third kappa shape index (κ3) is 4.69. The number of carbonyl (C=O) groups excluding carboxylic acids is 1. The minimum absolute atomic E-state index is 0.202. The molecule has 35 heavy (non-hydrogen) atoms. The Kier molecular flexibility index (Phi) is 6.12. The van der Waals surface area contributed by atoms with Crippen molar-refractivity contribution in [3.63, 3.8) is 0 Å². The second-order valence-corrected chi connectivity index (χ2v) is 8.42. The molecule has 1 amide bonds. The van der Waals surface area contributed by atoms with E-state index in [0.29, 0.717) is 23.4 Å². The van der Waals surface area contributed by atoms with Gasteiger partial charge in [-0.2, -0.15) is 0 Å². The standard InChI is InChI=1S/C27H23N5O2S/c1-3-34-20-13-11-19(12-14-20)26(33)29-27(35)28-22-16-24-23(15-17(22)2)30-32(31-24)25-10-6-8-18-7-4-5-9-21(18)25/h4-16H,3H2,1-2H3,(H2,28,29,33,35). The predicted octanol–water partition coefficient (Wildman–Crippen LogP) is 5.41. The Morgan fingerprint density at radius 2 is 1.69 bits per heavy atom. The lowest BCUT2D eigenvalue weighted by molar-refractivity contribution is 0.0977. The van der Waals surface area contributed by atoms with E-state index in [1.54, 1.807) is 29.1 Å². The number of anilines is 1. The molecule has 0 fully saturated rings. The van der Waals surface area contributed by atoms with Gasteiger partial charge in [0.2, 0.25) is 0 Å². The molecule has 174 valence electrons. The zero-order valence-electron chi connectivity index (χ0n) is 19.3. The summed E-state index contributed by atoms with van der Waals surface area (Å²) in [4.78, 5) is 14.2. The van der Waals surface area contributed by atoms with Crippen molar-refractivity contribution >= 4 is 50.7 Å². The zero-order chi connectivity index (χ0) is 24.4. The maximum atomic E-state index is 12.6. The fraction of sp³-hybridized carbons (Fsp3) is 0.111. The summed E-state index contributed by atoms with van der Waals surface area (Å²) in [6.45, 7) is 4.43. The number of hydrogen-bond donors (Lipinski definition) is 2. The van der Waals surface area contributed by atoms with Crippen molar-refractivity contribution < 1.29 is 9.53 Å². The highest BCUT2D eigenvalue weighted by atomic mass is 32.1. The Bertz CT molecular complexity index is 1550. The smallest absolute Gasteiger partial charge is 0.257 e. The highest BCUT2D eigenvalue weighted by Crippen LogP contribution is 2.25. The Morgan fingerprint density at radius 1 is 0.971 bits per heavy atom. The lowest BCUT2D eigenvalue weighted by atomic mass is 10.1. The molecule has 1 aromatic heterocycles. The van der Waals surface area contributed by atoms with Crippen LogP contribution in [0.15, 0.2) is 78.9 Å². The number of amides is 1. The number of rotatable bonds is 5. The van der Waals surface area contributed by atoms with Crippen LogP contribution in [0.1, 0.15) is 22.8 Å². The fourth-order valence-corrected chi connectivity index (χ4v) is 4.09. The van der Waals surface area contributed by atoms with E-state index in [4.69, 9.17) is 22.1 Å². The van der Waals surface area contributed by atoms with Gasteiger partial charge in [0.15, 0.2) is 5.11 Å². The monoisotopic (exact) mass is 481 g/mol. The van der Waals surface area contributed by atoms with Crippen molar-refractivity contribution in [3.05, 3.63) is 90.0 Å². The first-order chi connectivity index (χ1) is 17.0. The van der Waals surface area contributed by atoms with Crippen LogP contribution in [0.5, 0.6) is 5.75 Å². The van der Waals surface area contributed by atoms with Crippen LogP contribution in [-0.2, 0) is 0 Å². The minimum atomic E-state index is -0.300. The lowest BCUT2D eigenvalue weighted by Gasteiger charge is -2.12. The van der Waals surface area contributed by atoms with Gasteiger partial charge in [0, 0.05) is 16.6 Å². The Morgan fingerprint density at radius 3 is 2.46 bits per heavy atom. The molecule has 8 heteroatoms. The molecule has 0 saturated heterocycles. The van der Waals surface area contributed by atoms with Gasteiger partial charge < -0.3 is 10.1 Å². The van der Waals surface area contributed by atoms with Gasteiger partial charge in [-0.05, 0) is 79.5 Å². The van der Waals surface area contributed by atoms with Crippen molar-refractivity contribution in [3.8, 4) is 11.4 Å². The van der Waals surface area contributed by atoms with E-state index < -0.39 is 0 Å². The SMILES string of the molecule is CCOc1ccc(C(=O)NC(=S)Nc2cc3nn(-c4cccc5ccccc45)nc3cc2C)cc1. The van der Waals surface area contributed by atoms with Gasteiger partial charge in [-0.15, -0.1) is 15.0 Å². The number of carbonyl (C=O) groups is 1. The van der Waals surface area contributed by atoms with Gasteiger partial charge in [-0.25, -0.2) is 0 Å². The normalized spacial score (nSPS) is 10.9. The van der Waals surface area contributed by atoms with E-state index in [1.807, 2.05) is 50.2 Å². The summed E-state index contributed by atoms with van der Waals surface area (Å²) in [6.07, 6.45) is 0. The highest BCUT2D eigenvalue weighted by Gasteiger charge is 2.13. The first kappa shape index (κ1) is 22.5. The third-order valence-corrected chi connectivity index (χ3v) is 5.82. The number of aryl methyl sites for hydroxylation is 1. The summed E-state index contributed by atoms with van der Waals surface area (Å²) in [5.74, 6) is 0.413. The molecule has 0 bridgehead atoms. The summed E-state index contributed by atoms with van der Waals surface area (Å²) >= 11 is 5.39. The van der Waals surface area contributed by atoms with Gasteiger partial charge in [0.1, 0.15) is 16.8 Å². The second kappa shape index (κ2) is 9.52. The third-order valence-electron chi connectivity index (χ3n) is 5.61. The van der Waals surface area contributed by atoms with Crippen LogP contribution in [0.4, 0.5) is 5.69 Å². The van der Waals surface area contributed by atoms with Gasteiger partial charge in [-0.3, -0.25) is 10.1 Å². The number of nitrogens with one attached hydrogen (secondary N) is 2. The van der Waals surface area contributed by atoms with Crippen molar-refractivity contribution in [2.45, 2.75) is 13.8 Å². The van der Waals surface area contributed by atoms with Gasteiger partial charge >= 0.3 is 0 Å². The van der Waals surface area contributed by atoms with E-state index in [9.17, 15) is 4.79 Å². The summed E-state index contributed by atoms with van der Waals surface area (Å²) in [6, 6.07) is 24.9. The number of hydrogen-bond acceptors (Lipinski definition) is 5. The number of nitrogens with zero attached hydrogens (tertiary/aromatic N) is 3. The molecule has 2 N–H and O–H groups in total. The van der Waals surface area contributed by atoms with Crippen molar-refractivity contribution in [2.75, 3.05) is 11.9 Å². The average molecular weight is 482 g/mol. The predicted molar refractivity (Wildman–Crippen MR) is 142 cm³/mol. The van der Waals surface area contributed by atoms with Crippen LogP contribution in [0.2, 0.25) is 0 Å². The molecule has 4 aromatic carbocycles. The lowest BCUT2D eigenvalue weighted by Crippen LogP contribution is -2.34. The highest BCUT2D eigenvalue weighted by molar-refractivity contribution is 7.80. The van der Waals surface area contributed by atoms with Crippen molar-refractivity contribution in [1.29, 1.82) is 0 Å². The van der Waals surface area contributed by atoms with E-state index in [0.717, 1.165) is 33.2 Å². The van der Waals surface area contributed by atoms with Crippen LogP contribution < -0.4 is 15.4 Å². The average Bonchev–Trinajstić information content (AvgIpc) is 3.27. The molecule has 0 aliphatic heterocycles. The largest absolute Gasteiger partial charge is 0.494 e. The maximum absolute atomic E-state index is 12.6. The zero-order valence-corrected chi connectivity index (χ0v) is 20.1. The van der Waals surface area contributed by atoms with Crippen LogP contribution in [0.3, 0.4) is 0 Å². The van der Waals surface area contributed by atoms with Crippen molar-refractivity contribution in [1.82, 2.24) is 20.3 Å². The molecule has 5 rings (SSSR count). The first-order valence-electron chi connectivity index (χ1n) is 11.2. The molecular formula is C27H23N5O2S. The molecular weight excluding hydrogens is 458 g/mol. The van der Waals surface area contributed by atoms with Gasteiger partial charge in [-0.1, -0.05) is 36.4 Å². The Hall–Kier alpha value is -4.30. The van der Waals surface area contributed by atoms with Gasteiger partial charge in [0.25, 0.3) is 5.91 Å². The molecule has 0 saturated carbocycles. The van der Waals surface area contributed by atoms with E-state index in [1.165, 1.54) is 0 Å². The number of aromatic nitrogens is 3. The second-order valence-electron chi connectivity index (χ2n) is 8.01. The Balaban J connectivity index is 1.35. The maximum Gasteiger partial charge on any atom is 0.257 e. The molecule has 0 radical (unpaired) electrons. The molecule has 7 nitrogen and oxygen atoms in total. The topological polar surface area (TPSA) is 81.1 Å². The molecule has 1 heterocycles. The van der Waals surface area contributed by atoms with E-state index >= 15 is 0 Å². The quantitative estimate of drug-likeness (QED) is 0.327. The van der Waals surface area contributed by atoms with Crippen LogP contribution in [-0.4, -0.2) is 32.6 Å². The summed E-state index contributed by atoms with van der Waals surface area (Å²) in [7, 11) is 0. The van der Waals surface area contributed by atoms with Crippen LogP contribution >= 0.6 is 12.2 Å². The molecule has 0 aliphatic rings. The molecule has 0 atom stereocenters. The van der Waals surface area contributed by atoms with E-state index in [2.05, 4.69) is 33.9 Å². The van der Waals surface area contributed by atoms with Crippen molar-refractivity contribution in [2.24, 2.45) is 0 Å². The molecule has 0 aliphatic carbocycles. The summed E-state index contributed by atoms with van der Waals surface area (Å²) < 4.78 is 5.42. The number of thiocarbonyl (C=S) groups is 1. The number of fused-ring (bicyclic) bond motifs is 2. The minimum Gasteiger partial charge on any atom is -0.494 e. The van der Waals surface area contributed by atoms with Crippen LogP contribution in [0, 0.1) is 6.92 Å². The number of ether oxygens (including phenoxy) is 1. The molecule has 0 spiro atoms. The molecule has 5 aromatic rings.